The molecule has 0 unspecified atom stereocenters. The lowest BCUT2D eigenvalue weighted by Crippen LogP contribution is -2.44. The van der Waals surface area contributed by atoms with Crippen molar-refractivity contribution in [2.24, 2.45) is 0 Å². The molecule has 0 N–H and O–H groups in total. The van der Waals surface area contributed by atoms with E-state index in [1.54, 1.807) is 0 Å². The van der Waals surface area contributed by atoms with Gasteiger partial charge in [0.05, 0.1) is 14.3 Å². The average molecular weight is 430 g/mol. The summed E-state index contributed by atoms with van der Waals surface area (Å²) in [6.07, 6.45) is 18.3. The van der Waals surface area contributed by atoms with Crippen molar-refractivity contribution in [2.75, 3.05) is 0 Å². The first kappa shape index (κ1) is 15.7. The molecular weight excluding hydrogens is 405 g/mol. The van der Waals surface area contributed by atoms with E-state index >= 15 is 0 Å². The summed E-state index contributed by atoms with van der Waals surface area (Å²) in [5, 5.41) is 1.04. The molecule has 0 amide bonds. The summed E-state index contributed by atoms with van der Waals surface area (Å²) in [6, 6.07) is 0. The fourth-order valence-electron chi connectivity index (χ4n) is 5.52. The minimum Gasteiger partial charge on any atom is -0.259 e. The highest BCUT2D eigenvalue weighted by Crippen LogP contribution is 2.57. The van der Waals surface area contributed by atoms with Gasteiger partial charge < -0.3 is 0 Å². The number of hydrogen-bond donors (Lipinski definition) is 0. The van der Waals surface area contributed by atoms with E-state index in [9.17, 15) is 0 Å². The predicted octanol–water partition coefficient (Wildman–Crippen LogP) is 6.54. The van der Waals surface area contributed by atoms with E-state index in [1.807, 2.05) is 6.20 Å². The lowest BCUT2D eigenvalue weighted by Gasteiger charge is -2.50. The summed E-state index contributed by atoms with van der Waals surface area (Å²) in [6.45, 7) is 0. The average Bonchev–Trinajstić information content (AvgIpc) is 2.56. The van der Waals surface area contributed by atoms with Gasteiger partial charge in [-0.2, -0.15) is 0 Å². The van der Waals surface area contributed by atoms with Gasteiger partial charge in [-0.15, -0.1) is 0 Å². The second kappa shape index (κ2) is 5.91. The maximum atomic E-state index is 6.89. The Kier molecular flexibility index (Phi) is 4.21. The van der Waals surface area contributed by atoms with Crippen molar-refractivity contribution >= 4 is 34.2 Å². The molecule has 4 rings (SSSR count). The number of nitrogens with zero attached hydrogens (tertiary/aromatic N) is 1. The van der Waals surface area contributed by atoms with Gasteiger partial charge in [0.15, 0.2) is 0 Å². The van der Waals surface area contributed by atoms with Gasteiger partial charge in [0, 0.05) is 17.2 Å². The van der Waals surface area contributed by atoms with Crippen LogP contribution in [0.3, 0.4) is 0 Å². The van der Waals surface area contributed by atoms with Crippen molar-refractivity contribution in [3.8, 4) is 0 Å². The van der Waals surface area contributed by atoms with Crippen LogP contribution in [-0.4, -0.2) is 4.98 Å². The van der Waals surface area contributed by atoms with E-state index < -0.39 is 0 Å². The van der Waals surface area contributed by atoms with E-state index in [0.717, 1.165) is 8.59 Å². The Hall–Kier alpha value is 0.170. The van der Waals surface area contributed by atoms with Crippen molar-refractivity contribution in [3.05, 3.63) is 26.0 Å². The first-order valence-electron chi connectivity index (χ1n) is 9.02. The third kappa shape index (κ3) is 2.35. The molecule has 22 heavy (non-hydrogen) atoms. The second-order valence-electron chi connectivity index (χ2n) is 7.83. The lowest BCUT2D eigenvalue weighted by molar-refractivity contribution is 0.170. The maximum Gasteiger partial charge on any atom is 0.0611 e. The smallest absolute Gasteiger partial charge is 0.0611 e. The first-order chi connectivity index (χ1) is 10.7. The van der Waals surface area contributed by atoms with Crippen LogP contribution < -0.4 is 0 Å². The Morgan fingerprint density at radius 3 is 2.00 bits per heavy atom. The third-order valence-electron chi connectivity index (χ3n) is 6.71. The summed E-state index contributed by atoms with van der Waals surface area (Å²) in [4.78, 5) is 5.01. The summed E-state index contributed by atoms with van der Waals surface area (Å²) < 4.78 is 1.15. The number of pyridine rings is 1. The fourth-order valence-corrected chi connectivity index (χ4v) is 6.27. The quantitative estimate of drug-likeness (QED) is 0.427. The summed E-state index contributed by atoms with van der Waals surface area (Å²) in [7, 11) is 0. The lowest BCUT2D eigenvalue weighted by atomic mass is 9.55. The molecule has 1 aromatic rings. The number of halogens is 2. The highest BCUT2D eigenvalue weighted by molar-refractivity contribution is 14.1. The fraction of sp³-hybridized carbons (Fsp3) is 0.737. The molecule has 0 aromatic carbocycles. The molecule has 2 saturated carbocycles. The van der Waals surface area contributed by atoms with Crippen molar-refractivity contribution in [1.29, 1.82) is 0 Å². The Morgan fingerprint density at radius 1 is 0.818 bits per heavy atom. The monoisotopic (exact) mass is 429 g/mol. The predicted molar refractivity (Wildman–Crippen MR) is 101 cm³/mol. The van der Waals surface area contributed by atoms with E-state index in [2.05, 4.69) is 22.6 Å². The van der Waals surface area contributed by atoms with Gasteiger partial charge in [-0.05, 0) is 66.5 Å². The molecule has 2 spiro atoms. The maximum absolute atomic E-state index is 6.89. The van der Waals surface area contributed by atoms with Crippen LogP contribution in [0.2, 0.25) is 5.02 Å². The van der Waals surface area contributed by atoms with Crippen LogP contribution in [0.15, 0.2) is 6.20 Å². The Bertz CT molecular complexity index is 571. The van der Waals surface area contributed by atoms with Crippen LogP contribution in [0.5, 0.6) is 0 Å². The molecule has 120 valence electrons. The second-order valence-corrected chi connectivity index (χ2v) is 9.37. The molecule has 1 nitrogen and oxygen atoms in total. The van der Waals surface area contributed by atoms with Gasteiger partial charge in [0.2, 0.25) is 0 Å². The van der Waals surface area contributed by atoms with E-state index in [1.165, 1.54) is 88.3 Å². The topological polar surface area (TPSA) is 12.9 Å². The van der Waals surface area contributed by atoms with Gasteiger partial charge >= 0.3 is 0 Å². The van der Waals surface area contributed by atoms with Crippen LogP contribution >= 0.6 is 34.2 Å². The molecule has 0 saturated heterocycles. The van der Waals surface area contributed by atoms with Gasteiger partial charge in [0.25, 0.3) is 0 Å². The molecule has 2 fully saturated rings. The Balaban J connectivity index is 1.88. The zero-order valence-corrected chi connectivity index (χ0v) is 16.2. The van der Waals surface area contributed by atoms with Crippen molar-refractivity contribution < 1.29 is 0 Å². The van der Waals surface area contributed by atoms with Crippen molar-refractivity contribution in [1.82, 2.24) is 4.98 Å². The standard InChI is InChI=1S/C19H25ClIN/c20-16-14(21)13-22-17-15(16)18(7-3-1-4-8-18)11-12-19(17)9-5-2-6-10-19/h13H,1-12H2. The summed E-state index contributed by atoms with van der Waals surface area (Å²) >= 11 is 9.26. The zero-order valence-electron chi connectivity index (χ0n) is 13.3. The van der Waals surface area contributed by atoms with Crippen LogP contribution in [0, 0.1) is 3.57 Å². The third-order valence-corrected chi connectivity index (χ3v) is 8.24. The van der Waals surface area contributed by atoms with Crippen molar-refractivity contribution in [2.45, 2.75) is 87.9 Å². The van der Waals surface area contributed by atoms with Crippen LogP contribution in [-0.2, 0) is 10.8 Å². The molecule has 0 bridgehead atoms. The van der Waals surface area contributed by atoms with E-state index in [0.29, 0.717) is 10.8 Å². The van der Waals surface area contributed by atoms with Gasteiger partial charge in [-0.1, -0.05) is 50.1 Å². The number of fused-ring (bicyclic) bond motifs is 3. The first-order valence-corrected chi connectivity index (χ1v) is 10.5. The molecule has 3 heteroatoms. The highest BCUT2D eigenvalue weighted by atomic mass is 127. The number of aromatic nitrogens is 1. The summed E-state index contributed by atoms with van der Waals surface area (Å²) in [5.74, 6) is 0. The van der Waals surface area contributed by atoms with Crippen LogP contribution in [0.25, 0.3) is 0 Å². The van der Waals surface area contributed by atoms with E-state index in [4.69, 9.17) is 16.6 Å². The molecule has 3 aliphatic rings. The Morgan fingerprint density at radius 2 is 1.36 bits per heavy atom. The molecular formula is C19H25ClIN. The molecule has 3 aliphatic carbocycles. The molecule has 0 radical (unpaired) electrons. The molecule has 0 atom stereocenters. The molecule has 0 aliphatic heterocycles. The normalized spacial score (nSPS) is 26.1. The molecule has 1 heterocycles. The number of rotatable bonds is 0. The van der Waals surface area contributed by atoms with Gasteiger partial charge in [-0.3, -0.25) is 4.98 Å². The Labute approximate surface area is 152 Å². The minimum absolute atomic E-state index is 0.349. The SMILES string of the molecule is Clc1c(I)cnc2c1C1(CCCCC1)CCC21CCCCC1. The summed E-state index contributed by atoms with van der Waals surface area (Å²) in [5.41, 5.74) is 3.59. The minimum atomic E-state index is 0.349. The van der Waals surface area contributed by atoms with Crippen molar-refractivity contribution in [3.63, 3.8) is 0 Å². The highest BCUT2D eigenvalue weighted by Gasteiger charge is 2.49. The van der Waals surface area contributed by atoms with Gasteiger partial charge in [-0.25, -0.2) is 0 Å². The van der Waals surface area contributed by atoms with E-state index in [-0.39, 0.29) is 0 Å². The largest absolute Gasteiger partial charge is 0.259 e. The molecule has 1 aromatic heterocycles. The van der Waals surface area contributed by atoms with Crippen LogP contribution in [0.4, 0.5) is 0 Å². The van der Waals surface area contributed by atoms with Gasteiger partial charge in [0.1, 0.15) is 0 Å². The zero-order chi connectivity index (χ0) is 15.2. The van der Waals surface area contributed by atoms with Crippen LogP contribution in [0.1, 0.15) is 88.3 Å². The number of hydrogen-bond acceptors (Lipinski definition) is 1.